The first-order chi connectivity index (χ1) is 8.21. The number of nitrogens with one attached hydrogen (secondary N) is 1. The minimum Gasteiger partial charge on any atom is -0.315 e. The molecule has 0 bridgehead atoms. The maximum absolute atomic E-state index is 3.68. The standard InChI is InChI=1S/C14H30N2S/c1-4-17-12-8-11-15-13-14(16(2)3)9-6-5-7-10-14/h15H,4-13H2,1-3H3. The van der Waals surface area contributed by atoms with Crippen molar-refractivity contribution in [2.45, 2.75) is 51.0 Å². The van der Waals surface area contributed by atoms with E-state index in [4.69, 9.17) is 0 Å². The zero-order valence-electron chi connectivity index (χ0n) is 11.9. The smallest absolute Gasteiger partial charge is 0.0327 e. The minimum absolute atomic E-state index is 0.441. The van der Waals surface area contributed by atoms with E-state index < -0.39 is 0 Å². The molecule has 1 aliphatic rings. The molecule has 102 valence electrons. The summed E-state index contributed by atoms with van der Waals surface area (Å²) in [6, 6.07) is 0. The molecule has 0 amide bonds. The fourth-order valence-electron chi connectivity index (χ4n) is 2.76. The molecule has 3 heteroatoms. The average molecular weight is 258 g/mol. The Morgan fingerprint density at radius 3 is 2.47 bits per heavy atom. The molecule has 0 unspecified atom stereocenters. The monoisotopic (exact) mass is 258 g/mol. The van der Waals surface area contributed by atoms with Crippen molar-refractivity contribution >= 4 is 11.8 Å². The molecule has 0 aliphatic heterocycles. The Bertz CT molecular complexity index is 189. The van der Waals surface area contributed by atoms with E-state index in [1.165, 1.54) is 63.1 Å². The van der Waals surface area contributed by atoms with Crippen LogP contribution in [0.3, 0.4) is 0 Å². The SMILES string of the molecule is CCSCCCNCC1(N(C)C)CCCCC1. The lowest BCUT2D eigenvalue weighted by Gasteiger charge is -2.43. The van der Waals surface area contributed by atoms with Crippen LogP contribution in [0.25, 0.3) is 0 Å². The van der Waals surface area contributed by atoms with Gasteiger partial charge in [-0.15, -0.1) is 0 Å². The molecule has 0 aromatic rings. The Morgan fingerprint density at radius 1 is 1.18 bits per heavy atom. The van der Waals surface area contributed by atoms with Crippen LogP contribution < -0.4 is 5.32 Å². The summed E-state index contributed by atoms with van der Waals surface area (Å²) >= 11 is 2.05. The molecule has 1 saturated carbocycles. The van der Waals surface area contributed by atoms with E-state index in [9.17, 15) is 0 Å². The van der Waals surface area contributed by atoms with Gasteiger partial charge in [-0.1, -0.05) is 26.2 Å². The number of thioether (sulfide) groups is 1. The zero-order chi connectivity index (χ0) is 12.6. The lowest BCUT2D eigenvalue weighted by molar-refractivity contribution is 0.0990. The van der Waals surface area contributed by atoms with E-state index in [0.717, 1.165) is 0 Å². The lowest BCUT2D eigenvalue weighted by atomic mass is 9.80. The molecule has 17 heavy (non-hydrogen) atoms. The quantitative estimate of drug-likeness (QED) is 0.674. The van der Waals surface area contributed by atoms with Gasteiger partial charge in [0, 0.05) is 12.1 Å². The summed E-state index contributed by atoms with van der Waals surface area (Å²) in [7, 11) is 4.50. The highest BCUT2D eigenvalue weighted by molar-refractivity contribution is 7.99. The molecule has 0 aromatic carbocycles. The summed E-state index contributed by atoms with van der Waals surface area (Å²) < 4.78 is 0. The molecule has 0 spiro atoms. The number of likely N-dealkylation sites (N-methyl/N-ethyl adjacent to an activating group) is 1. The van der Waals surface area contributed by atoms with E-state index in [-0.39, 0.29) is 0 Å². The van der Waals surface area contributed by atoms with Crippen LogP contribution >= 0.6 is 11.8 Å². The molecule has 0 atom stereocenters. The maximum Gasteiger partial charge on any atom is 0.0327 e. The zero-order valence-corrected chi connectivity index (χ0v) is 12.7. The van der Waals surface area contributed by atoms with Crippen LogP contribution in [0.4, 0.5) is 0 Å². The second-order valence-electron chi connectivity index (χ2n) is 5.41. The highest BCUT2D eigenvalue weighted by Gasteiger charge is 2.33. The van der Waals surface area contributed by atoms with Crippen molar-refractivity contribution < 1.29 is 0 Å². The number of hydrogen-bond donors (Lipinski definition) is 1. The van der Waals surface area contributed by atoms with E-state index >= 15 is 0 Å². The van der Waals surface area contributed by atoms with Gasteiger partial charge < -0.3 is 10.2 Å². The van der Waals surface area contributed by atoms with Crippen molar-refractivity contribution in [1.29, 1.82) is 0 Å². The largest absolute Gasteiger partial charge is 0.315 e. The fraction of sp³-hybridized carbons (Fsp3) is 1.00. The van der Waals surface area contributed by atoms with Crippen LogP contribution in [0.5, 0.6) is 0 Å². The van der Waals surface area contributed by atoms with Gasteiger partial charge >= 0.3 is 0 Å². The fourth-order valence-corrected chi connectivity index (χ4v) is 3.39. The topological polar surface area (TPSA) is 15.3 Å². The van der Waals surface area contributed by atoms with Gasteiger partial charge in [0.05, 0.1) is 0 Å². The van der Waals surface area contributed by atoms with Gasteiger partial charge in [0.25, 0.3) is 0 Å². The average Bonchev–Trinajstić information content (AvgIpc) is 2.34. The van der Waals surface area contributed by atoms with Gasteiger partial charge in [-0.25, -0.2) is 0 Å². The van der Waals surface area contributed by atoms with Crippen LogP contribution in [-0.2, 0) is 0 Å². The van der Waals surface area contributed by atoms with Crippen LogP contribution in [0.1, 0.15) is 45.4 Å². The molecule has 0 heterocycles. The van der Waals surface area contributed by atoms with E-state index in [0.29, 0.717) is 5.54 Å². The summed E-state index contributed by atoms with van der Waals surface area (Å²) in [5.74, 6) is 2.56. The van der Waals surface area contributed by atoms with Crippen molar-refractivity contribution in [3.8, 4) is 0 Å². The predicted molar refractivity (Wildman–Crippen MR) is 80.0 cm³/mol. The second-order valence-corrected chi connectivity index (χ2v) is 6.80. The Hall–Kier alpha value is 0.270. The molecule has 2 nitrogen and oxygen atoms in total. The highest BCUT2D eigenvalue weighted by atomic mass is 32.2. The van der Waals surface area contributed by atoms with E-state index in [1.54, 1.807) is 0 Å². The van der Waals surface area contributed by atoms with Crippen molar-refractivity contribution in [3.05, 3.63) is 0 Å². The van der Waals surface area contributed by atoms with Gasteiger partial charge in [0.2, 0.25) is 0 Å². The van der Waals surface area contributed by atoms with Gasteiger partial charge in [-0.05, 0) is 51.4 Å². The summed E-state index contributed by atoms with van der Waals surface area (Å²) in [4.78, 5) is 2.46. The second kappa shape index (κ2) is 8.39. The van der Waals surface area contributed by atoms with E-state index in [1.807, 2.05) is 11.8 Å². The molecule has 0 saturated heterocycles. The van der Waals surface area contributed by atoms with Gasteiger partial charge in [-0.3, -0.25) is 0 Å². The third-order valence-electron chi connectivity index (χ3n) is 4.03. The molecule has 0 radical (unpaired) electrons. The van der Waals surface area contributed by atoms with Crippen LogP contribution in [0.15, 0.2) is 0 Å². The Kier molecular flexibility index (Phi) is 7.56. The number of hydrogen-bond acceptors (Lipinski definition) is 3. The predicted octanol–water partition coefficient (Wildman–Crippen LogP) is 2.98. The minimum atomic E-state index is 0.441. The maximum atomic E-state index is 3.68. The third kappa shape index (κ3) is 5.19. The summed E-state index contributed by atoms with van der Waals surface area (Å²) in [5, 5.41) is 3.68. The molecule has 0 aromatic heterocycles. The first-order valence-electron chi connectivity index (χ1n) is 7.17. The summed E-state index contributed by atoms with van der Waals surface area (Å²) in [6.45, 7) is 4.60. The van der Waals surface area contributed by atoms with E-state index in [2.05, 4.69) is 31.2 Å². The Morgan fingerprint density at radius 2 is 1.88 bits per heavy atom. The molecule has 1 fully saturated rings. The molecule has 1 N–H and O–H groups in total. The van der Waals surface area contributed by atoms with Crippen LogP contribution in [0, 0.1) is 0 Å². The van der Waals surface area contributed by atoms with Crippen molar-refractivity contribution in [1.82, 2.24) is 10.2 Å². The normalized spacial score (nSPS) is 19.8. The van der Waals surface area contributed by atoms with Crippen molar-refractivity contribution in [2.24, 2.45) is 0 Å². The highest BCUT2D eigenvalue weighted by Crippen LogP contribution is 2.31. The van der Waals surface area contributed by atoms with Crippen LogP contribution in [0.2, 0.25) is 0 Å². The van der Waals surface area contributed by atoms with Gasteiger partial charge in [-0.2, -0.15) is 11.8 Å². The Balaban J connectivity index is 2.20. The van der Waals surface area contributed by atoms with Crippen molar-refractivity contribution in [2.75, 3.05) is 38.7 Å². The summed E-state index contributed by atoms with van der Waals surface area (Å²) in [5.41, 5.74) is 0.441. The van der Waals surface area contributed by atoms with Gasteiger partial charge in [0.15, 0.2) is 0 Å². The first kappa shape index (κ1) is 15.3. The number of rotatable bonds is 8. The first-order valence-corrected chi connectivity index (χ1v) is 8.32. The van der Waals surface area contributed by atoms with Crippen molar-refractivity contribution in [3.63, 3.8) is 0 Å². The lowest BCUT2D eigenvalue weighted by Crippen LogP contribution is -2.53. The van der Waals surface area contributed by atoms with Gasteiger partial charge in [0.1, 0.15) is 0 Å². The van der Waals surface area contributed by atoms with Crippen LogP contribution in [-0.4, -0.2) is 49.1 Å². The molecular weight excluding hydrogens is 228 g/mol. The molecular formula is C14H30N2S. The Labute approximate surface area is 112 Å². The summed E-state index contributed by atoms with van der Waals surface area (Å²) in [6.07, 6.45) is 8.30. The third-order valence-corrected chi connectivity index (χ3v) is 5.02. The number of nitrogens with zero attached hydrogens (tertiary/aromatic N) is 1. The molecule has 1 rings (SSSR count). The molecule has 1 aliphatic carbocycles.